The van der Waals surface area contributed by atoms with Crippen LogP contribution in [0.4, 0.5) is 10.1 Å². The van der Waals surface area contributed by atoms with Gasteiger partial charge in [0, 0.05) is 24.7 Å². The standard InChI is InChI=1S/C12H15FN2O2/c13-9-1-3-10(4-2-9)15-6-5-8(7-15)11(14)12(16)17/h1-4,8,11H,5-7,14H2,(H,16,17). The Bertz CT molecular complexity index is 407. The first-order chi connectivity index (χ1) is 8.08. The molecule has 0 spiro atoms. The molecule has 2 atom stereocenters. The number of benzene rings is 1. The predicted molar refractivity (Wildman–Crippen MR) is 62.3 cm³/mol. The molecule has 0 amide bonds. The van der Waals surface area contributed by atoms with E-state index in [1.807, 2.05) is 4.90 Å². The molecule has 1 aliphatic heterocycles. The van der Waals surface area contributed by atoms with Crippen molar-refractivity contribution in [3.05, 3.63) is 30.1 Å². The molecule has 17 heavy (non-hydrogen) atoms. The lowest BCUT2D eigenvalue weighted by atomic mass is 10.0. The van der Waals surface area contributed by atoms with Gasteiger partial charge in [-0.1, -0.05) is 0 Å². The summed E-state index contributed by atoms with van der Waals surface area (Å²) in [7, 11) is 0. The lowest BCUT2D eigenvalue weighted by Gasteiger charge is -2.19. The van der Waals surface area contributed by atoms with E-state index in [4.69, 9.17) is 10.8 Å². The normalized spacial score (nSPS) is 21.5. The van der Waals surface area contributed by atoms with Crippen LogP contribution in [0.25, 0.3) is 0 Å². The topological polar surface area (TPSA) is 66.6 Å². The number of anilines is 1. The van der Waals surface area contributed by atoms with Gasteiger partial charge in [-0.3, -0.25) is 4.79 Å². The number of halogens is 1. The van der Waals surface area contributed by atoms with Crippen molar-refractivity contribution in [3.8, 4) is 0 Å². The Morgan fingerprint density at radius 1 is 1.47 bits per heavy atom. The molecule has 4 nitrogen and oxygen atoms in total. The molecule has 1 aromatic carbocycles. The fourth-order valence-electron chi connectivity index (χ4n) is 2.17. The van der Waals surface area contributed by atoms with Crippen molar-refractivity contribution in [3.63, 3.8) is 0 Å². The highest BCUT2D eigenvalue weighted by atomic mass is 19.1. The zero-order valence-corrected chi connectivity index (χ0v) is 9.34. The number of nitrogens with zero attached hydrogens (tertiary/aromatic N) is 1. The summed E-state index contributed by atoms with van der Waals surface area (Å²) in [6.07, 6.45) is 0.755. The molecular weight excluding hydrogens is 223 g/mol. The van der Waals surface area contributed by atoms with Gasteiger partial charge in [0.15, 0.2) is 0 Å². The van der Waals surface area contributed by atoms with Gasteiger partial charge in [-0.2, -0.15) is 0 Å². The van der Waals surface area contributed by atoms with Gasteiger partial charge < -0.3 is 15.7 Å². The molecule has 1 saturated heterocycles. The Labute approximate surface area is 98.8 Å². The lowest BCUT2D eigenvalue weighted by molar-refractivity contribution is -0.139. The van der Waals surface area contributed by atoms with Crippen molar-refractivity contribution in [1.82, 2.24) is 0 Å². The second-order valence-electron chi connectivity index (χ2n) is 4.34. The lowest BCUT2D eigenvalue weighted by Crippen LogP contribution is -2.39. The van der Waals surface area contributed by atoms with Crippen LogP contribution in [-0.2, 0) is 4.79 Å². The fraction of sp³-hybridized carbons (Fsp3) is 0.417. The molecule has 1 fully saturated rings. The van der Waals surface area contributed by atoms with E-state index < -0.39 is 12.0 Å². The monoisotopic (exact) mass is 238 g/mol. The number of rotatable bonds is 3. The van der Waals surface area contributed by atoms with E-state index in [9.17, 15) is 9.18 Å². The highest BCUT2D eigenvalue weighted by molar-refractivity contribution is 5.73. The Morgan fingerprint density at radius 2 is 2.12 bits per heavy atom. The average Bonchev–Trinajstić information content (AvgIpc) is 2.78. The van der Waals surface area contributed by atoms with Crippen molar-refractivity contribution in [1.29, 1.82) is 0 Å². The molecule has 2 rings (SSSR count). The Kier molecular flexibility index (Phi) is 3.28. The van der Waals surface area contributed by atoms with Crippen LogP contribution < -0.4 is 10.6 Å². The van der Waals surface area contributed by atoms with Crippen molar-refractivity contribution in [2.45, 2.75) is 12.5 Å². The molecule has 1 aliphatic rings. The minimum absolute atomic E-state index is 0.0439. The molecule has 3 N–H and O–H groups in total. The second kappa shape index (κ2) is 4.71. The molecule has 1 aromatic rings. The molecule has 0 saturated carbocycles. The van der Waals surface area contributed by atoms with Gasteiger partial charge in [0.05, 0.1) is 0 Å². The summed E-state index contributed by atoms with van der Waals surface area (Å²) >= 11 is 0. The summed E-state index contributed by atoms with van der Waals surface area (Å²) in [4.78, 5) is 12.8. The van der Waals surface area contributed by atoms with Gasteiger partial charge in [-0.15, -0.1) is 0 Å². The Morgan fingerprint density at radius 3 is 2.71 bits per heavy atom. The second-order valence-corrected chi connectivity index (χ2v) is 4.34. The fourth-order valence-corrected chi connectivity index (χ4v) is 2.17. The van der Waals surface area contributed by atoms with E-state index in [0.717, 1.165) is 18.7 Å². The van der Waals surface area contributed by atoms with E-state index >= 15 is 0 Å². The van der Waals surface area contributed by atoms with Gasteiger partial charge in [0.1, 0.15) is 11.9 Å². The molecule has 0 aromatic heterocycles. The number of nitrogens with two attached hydrogens (primary N) is 1. The minimum atomic E-state index is -0.962. The first-order valence-corrected chi connectivity index (χ1v) is 5.57. The molecule has 2 unspecified atom stereocenters. The maximum Gasteiger partial charge on any atom is 0.320 e. The molecule has 0 bridgehead atoms. The van der Waals surface area contributed by atoms with Crippen LogP contribution in [0.1, 0.15) is 6.42 Å². The van der Waals surface area contributed by atoms with Crippen LogP contribution in [0.5, 0.6) is 0 Å². The summed E-state index contributed by atoms with van der Waals surface area (Å²) in [5.74, 6) is -1.28. The summed E-state index contributed by atoms with van der Waals surface area (Å²) in [6.45, 7) is 1.37. The van der Waals surface area contributed by atoms with Crippen LogP contribution in [0.3, 0.4) is 0 Å². The van der Waals surface area contributed by atoms with E-state index in [2.05, 4.69) is 0 Å². The minimum Gasteiger partial charge on any atom is -0.480 e. The molecular formula is C12H15FN2O2. The number of carboxylic acid groups (broad SMARTS) is 1. The summed E-state index contributed by atoms with van der Waals surface area (Å²) in [6, 6.07) is 5.38. The summed E-state index contributed by atoms with van der Waals surface area (Å²) in [5.41, 5.74) is 6.51. The maximum atomic E-state index is 12.8. The van der Waals surface area contributed by atoms with Crippen LogP contribution >= 0.6 is 0 Å². The summed E-state index contributed by atoms with van der Waals surface area (Å²) < 4.78 is 12.8. The summed E-state index contributed by atoms with van der Waals surface area (Å²) in [5, 5.41) is 8.84. The van der Waals surface area contributed by atoms with Gasteiger partial charge in [0.2, 0.25) is 0 Å². The number of hydrogen-bond acceptors (Lipinski definition) is 3. The predicted octanol–water partition coefficient (Wildman–Crippen LogP) is 1.06. The van der Waals surface area contributed by atoms with Crippen LogP contribution in [0, 0.1) is 11.7 Å². The highest BCUT2D eigenvalue weighted by Gasteiger charge is 2.31. The van der Waals surface area contributed by atoms with Gasteiger partial charge >= 0.3 is 5.97 Å². The number of carbonyl (C=O) groups is 1. The van der Waals surface area contributed by atoms with Crippen molar-refractivity contribution >= 4 is 11.7 Å². The van der Waals surface area contributed by atoms with Crippen LogP contribution in [-0.4, -0.2) is 30.2 Å². The van der Waals surface area contributed by atoms with Crippen molar-refractivity contribution in [2.24, 2.45) is 11.7 Å². The van der Waals surface area contributed by atoms with Crippen LogP contribution in [0.15, 0.2) is 24.3 Å². The molecule has 5 heteroatoms. The van der Waals surface area contributed by atoms with Gasteiger partial charge in [0.25, 0.3) is 0 Å². The Hall–Kier alpha value is -1.62. The SMILES string of the molecule is NC(C(=O)O)C1CCN(c2ccc(F)cc2)C1. The van der Waals surface area contributed by atoms with Crippen LogP contribution in [0.2, 0.25) is 0 Å². The third-order valence-corrected chi connectivity index (χ3v) is 3.21. The van der Waals surface area contributed by atoms with E-state index in [1.165, 1.54) is 12.1 Å². The average molecular weight is 238 g/mol. The smallest absolute Gasteiger partial charge is 0.320 e. The number of aliphatic carboxylic acids is 1. The first-order valence-electron chi connectivity index (χ1n) is 5.57. The zero-order chi connectivity index (χ0) is 12.4. The largest absolute Gasteiger partial charge is 0.480 e. The van der Waals surface area contributed by atoms with Gasteiger partial charge in [-0.05, 0) is 30.7 Å². The molecule has 0 radical (unpaired) electrons. The highest BCUT2D eigenvalue weighted by Crippen LogP contribution is 2.25. The number of hydrogen-bond donors (Lipinski definition) is 2. The maximum absolute atomic E-state index is 12.8. The first kappa shape index (κ1) is 11.9. The zero-order valence-electron chi connectivity index (χ0n) is 9.34. The van der Waals surface area contributed by atoms with Gasteiger partial charge in [-0.25, -0.2) is 4.39 Å². The van der Waals surface area contributed by atoms with E-state index in [0.29, 0.717) is 6.54 Å². The third-order valence-electron chi connectivity index (χ3n) is 3.21. The van der Waals surface area contributed by atoms with E-state index in [-0.39, 0.29) is 11.7 Å². The van der Waals surface area contributed by atoms with Crippen molar-refractivity contribution < 1.29 is 14.3 Å². The molecule has 1 heterocycles. The number of carboxylic acids is 1. The Balaban J connectivity index is 2.02. The molecule has 92 valence electrons. The third kappa shape index (κ3) is 2.55. The molecule has 0 aliphatic carbocycles. The van der Waals surface area contributed by atoms with Crippen molar-refractivity contribution in [2.75, 3.05) is 18.0 Å². The van der Waals surface area contributed by atoms with E-state index in [1.54, 1.807) is 12.1 Å². The quantitative estimate of drug-likeness (QED) is 0.826.